The van der Waals surface area contributed by atoms with Crippen molar-refractivity contribution >= 4 is 21.8 Å². The number of hydrogen-bond donors (Lipinski definition) is 1. The lowest BCUT2D eigenvalue weighted by molar-refractivity contribution is -0.123. The van der Waals surface area contributed by atoms with Gasteiger partial charge in [-0.1, -0.05) is 49.6 Å². The second-order valence-electron chi connectivity index (χ2n) is 8.42. The molecule has 1 aliphatic heterocycles. The van der Waals surface area contributed by atoms with Crippen LogP contribution in [0.25, 0.3) is 0 Å². The Kier molecular flexibility index (Phi) is 6.50. The van der Waals surface area contributed by atoms with E-state index in [1.54, 1.807) is 6.07 Å². The topological polar surface area (TPSA) is 92.8 Å². The molecule has 1 N–H and O–H groups in total. The van der Waals surface area contributed by atoms with Crippen LogP contribution in [0.1, 0.15) is 60.4 Å². The highest BCUT2D eigenvalue weighted by atomic mass is 32.2. The van der Waals surface area contributed by atoms with E-state index in [4.69, 9.17) is 4.74 Å². The van der Waals surface area contributed by atoms with Gasteiger partial charge in [0, 0.05) is 30.5 Å². The molecule has 2 aromatic carbocycles. The molecular formula is C24H28N2O5S. The van der Waals surface area contributed by atoms with E-state index >= 15 is 0 Å². The third-order valence-electron chi connectivity index (χ3n) is 6.29. The van der Waals surface area contributed by atoms with E-state index in [1.165, 1.54) is 25.7 Å². The standard InChI is InChI=1S/C24H28N2O5S/c1-31-21-13-12-18(24(28)25-20-10-6-3-7-11-20)14-22(21)32(29,30)26-16-19(15-23(26)27)17-8-4-2-5-9-17/h2,4-5,8-9,12-14,19-20H,3,6-7,10-11,15-16H2,1H3,(H,25,28)/t19-/m0/s1. The van der Waals surface area contributed by atoms with Crippen LogP contribution in [0.15, 0.2) is 53.4 Å². The van der Waals surface area contributed by atoms with Crippen LogP contribution in [0.4, 0.5) is 0 Å². The highest BCUT2D eigenvalue weighted by molar-refractivity contribution is 7.89. The van der Waals surface area contributed by atoms with Gasteiger partial charge in [0.25, 0.3) is 15.9 Å². The van der Waals surface area contributed by atoms with Gasteiger partial charge in [0.1, 0.15) is 10.6 Å². The molecule has 170 valence electrons. The fourth-order valence-electron chi connectivity index (χ4n) is 4.51. The van der Waals surface area contributed by atoms with Crippen molar-refractivity contribution in [3.8, 4) is 5.75 Å². The van der Waals surface area contributed by atoms with Crippen LogP contribution >= 0.6 is 0 Å². The number of benzene rings is 2. The molecule has 0 spiro atoms. The van der Waals surface area contributed by atoms with E-state index in [-0.39, 0.29) is 47.0 Å². The van der Waals surface area contributed by atoms with Crippen molar-refractivity contribution in [1.82, 2.24) is 9.62 Å². The summed E-state index contributed by atoms with van der Waals surface area (Å²) in [5.74, 6) is -0.874. The lowest BCUT2D eigenvalue weighted by atomic mass is 9.95. The van der Waals surface area contributed by atoms with Crippen LogP contribution in [0.5, 0.6) is 5.75 Å². The number of methoxy groups -OCH3 is 1. The monoisotopic (exact) mass is 456 g/mol. The first-order valence-electron chi connectivity index (χ1n) is 11.0. The first-order valence-corrected chi connectivity index (χ1v) is 12.4. The second-order valence-corrected chi connectivity index (χ2v) is 10.2. The molecule has 4 rings (SSSR count). The molecular weight excluding hydrogens is 428 g/mol. The van der Waals surface area contributed by atoms with Gasteiger partial charge in [-0.05, 0) is 36.6 Å². The van der Waals surface area contributed by atoms with Gasteiger partial charge in [-0.2, -0.15) is 0 Å². The molecule has 7 nitrogen and oxygen atoms in total. The van der Waals surface area contributed by atoms with Crippen molar-refractivity contribution in [2.75, 3.05) is 13.7 Å². The zero-order valence-corrected chi connectivity index (χ0v) is 18.9. The predicted molar refractivity (Wildman–Crippen MR) is 120 cm³/mol. The van der Waals surface area contributed by atoms with Crippen molar-refractivity contribution in [2.45, 2.75) is 55.4 Å². The Morgan fingerprint density at radius 1 is 1.06 bits per heavy atom. The summed E-state index contributed by atoms with van der Waals surface area (Å²) in [5, 5.41) is 3.00. The zero-order valence-electron chi connectivity index (χ0n) is 18.1. The minimum absolute atomic E-state index is 0.0623. The highest BCUT2D eigenvalue weighted by Crippen LogP contribution is 2.35. The highest BCUT2D eigenvalue weighted by Gasteiger charge is 2.40. The number of carbonyl (C=O) groups is 2. The maximum atomic E-state index is 13.5. The van der Waals surface area contributed by atoms with Crippen molar-refractivity contribution in [1.29, 1.82) is 0 Å². The maximum Gasteiger partial charge on any atom is 0.270 e. The summed E-state index contributed by atoms with van der Waals surface area (Å²) in [4.78, 5) is 25.3. The summed E-state index contributed by atoms with van der Waals surface area (Å²) < 4.78 is 33.1. The SMILES string of the molecule is COc1ccc(C(=O)NC2CCCCC2)cc1S(=O)(=O)N1C[C@@H](c2ccccc2)CC1=O. The van der Waals surface area contributed by atoms with Gasteiger partial charge in [-0.3, -0.25) is 9.59 Å². The normalized spacial score (nSPS) is 19.7. The number of ether oxygens (including phenoxy) is 1. The summed E-state index contributed by atoms with van der Waals surface area (Å²) in [6, 6.07) is 13.8. The molecule has 0 unspecified atom stereocenters. The predicted octanol–water partition coefficient (Wildman–Crippen LogP) is 3.46. The Morgan fingerprint density at radius 2 is 1.78 bits per heavy atom. The fraction of sp³-hybridized carbons (Fsp3) is 0.417. The number of sulfonamides is 1. The Bertz CT molecular complexity index is 1090. The Labute approximate surface area is 188 Å². The van der Waals surface area contributed by atoms with Crippen molar-refractivity contribution in [3.05, 3.63) is 59.7 Å². The van der Waals surface area contributed by atoms with Crippen LogP contribution < -0.4 is 10.1 Å². The van der Waals surface area contributed by atoms with Gasteiger partial charge in [-0.25, -0.2) is 12.7 Å². The van der Waals surface area contributed by atoms with Gasteiger partial charge in [0.15, 0.2) is 0 Å². The molecule has 2 aromatic rings. The van der Waals surface area contributed by atoms with Crippen molar-refractivity contribution in [2.24, 2.45) is 0 Å². The van der Waals surface area contributed by atoms with Crippen molar-refractivity contribution in [3.63, 3.8) is 0 Å². The molecule has 2 aliphatic rings. The van der Waals surface area contributed by atoms with E-state index in [0.29, 0.717) is 0 Å². The lowest BCUT2D eigenvalue weighted by Crippen LogP contribution is -2.36. The first kappa shape index (κ1) is 22.3. The van der Waals surface area contributed by atoms with Crippen LogP contribution in [-0.2, 0) is 14.8 Å². The minimum Gasteiger partial charge on any atom is -0.495 e. The van der Waals surface area contributed by atoms with Crippen LogP contribution in [0, 0.1) is 0 Å². The third-order valence-corrected chi connectivity index (χ3v) is 8.10. The van der Waals surface area contributed by atoms with Gasteiger partial charge in [0.05, 0.1) is 7.11 Å². The first-order chi connectivity index (χ1) is 15.4. The van der Waals surface area contributed by atoms with Gasteiger partial charge in [-0.15, -0.1) is 0 Å². The summed E-state index contributed by atoms with van der Waals surface area (Å²) in [6.07, 6.45) is 5.30. The molecule has 2 amide bonds. The Morgan fingerprint density at radius 3 is 2.47 bits per heavy atom. The molecule has 1 saturated carbocycles. The van der Waals surface area contributed by atoms with Gasteiger partial charge < -0.3 is 10.1 Å². The molecule has 1 atom stereocenters. The van der Waals surface area contributed by atoms with Crippen LogP contribution in [-0.4, -0.2) is 44.2 Å². The van der Waals surface area contributed by atoms with E-state index in [0.717, 1.165) is 35.6 Å². The van der Waals surface area contributed by atoms with E-state index in [2.05, 4.69) is 5.32 Å². The smallest absolute Gasteiger partial charge is 0.270 e. The summed E-state index contributed by atoms with van der Waals surface area (Å²) in [6.45, 7) is 0.0623. The number of nitrogens with one attached hydrogen (secondary N) is 1. The molecule has 0 radical (unpaired) electrons. The molecule has 1 aliphatic carbocycles. The molecule has 8 heteroatoms. The van der Waals surface area contributed by atoms with E-state index < -0.39 is 15.9 Å². The Balaban J connectivity index is 1.60. The van der Waals surface area contributed by atoms with Crippen LogP contribution in [0.2, 0.25) is 0 Å². The molecule has 1 saturated heterocycles. The van der Waals surface area contributed by atoms with E-state index in [1.807, 2.05) is 30.3 Å². The number of carbonyl (C=O) groups excluding carboxylic acids is 2. The van der Waals surface area contributed by atoms with E-state index in [9.17, 15) is 18.0 Å². The number of nitrogens with zero attached hydrogens (tertiary/aromatic N) is 1. The zero-order chi connectivity index (χ0) is 22.7. The van der Waals surface area contributed by atoms with Gasteiger partial charge >= 0.3 is 0 Å². The summed E-state index contributed by atoms with van der Waals surface area (Å²) >= 11 is 0. The largest absolute Gasteiger partial charge is 0.495 e. The fourth-order valence-corrected chi connectivity index (χ4v) is 6.15. The summed E-state index contributed by atoms with van der Waals surface area (Å²) in [5.41, 5.74) is 1.16. The molecule has 0 bridgehead atoms. The molecule has 0 aromatic heterocycles. The maximum absolute atomic E-state index is 13.5. The third kappa shape index (κ3) is 4.50. The van der Waals surface area contributed by atoms with Gasteiger partial charge in [0.2, 0.25) is 5.91 Å². The number of amides is 2. The molecule has 2 fully saturated rings. The average Bonchev–Trinajstić information content (AvgIpc) is 3.22. The summed E-state index contributed by atoms with van der Waals surface area (Å²) in [7, 11) is -2.81. The lowest BCUT2D eigenvalue weighted by Gasteiger charge is -2.23. The molecule has 32 heavy (non-hydrogen) atoms. The quantitative estimate of drug-likeness (QED) is 0.719. The minimum atomic E-state index is -4.18. The second kappa shape index (κ2) is 9.32. The Hall–Kier alpha value is -2.87. The average molecular weight is 457 g/mol. The van der Waals surface area contributed by atoms with Crippen LogP contribution in [0.3, 0.4) is 0 Å². The number of rotatable bonds is 6. The molecule has 1 heterocycles. The van der Waals surface area contributed by atoms with Crippen molar-refractivity contribution < 1.29 is 22.7 Å². The number of hydrogen-bond acceptors (Lipinski definition) is 5.